The second-order valence-corrected chi connectivity index (χ2v) is 5.25. The monoisotopic (exact) mass is 334 g/mol. The lowest BCUT2D eigenvalue weighted by molar-refractivity contribution is -0.0858. The van der Waals surface area contributed by atoms with Gasteiger partial charge in [-0.1, -0.05) is 36.4 Å². The predicted molar refractivity (Wildman–Crippen MR) is 93.5 cm³/mol. The molecule has 132 valence electrons. The van der Waals surface area contributed by atoms with Crippen molar-refractivity contribution < 1.29 is 23.7 Å². The summed E-state index contributed by atoms with van der Waals surface area (Å²) < 4.78 is 27.1. The first-order valence-corrected chi connectivity index (χ1v) is 8.21. The van der Waals surface area contributed by atoms with E-state index in [1.54, 1.807) is 7.11 Å². The zero-order valence-electron chi connectivity index (χ0n) is 14.4. The van der Waals surface area contributed by atoms with Gasteiger partial charge in [-0.3, -0.25) is 0 Å². The number of hydrogen-bond donors (Lipinski definition) is 0. The molecule has 0 bridgehead atoms. The molecular weight excluding hydrogens is 308 g/mol. The number of benzene rings is 2. The summed E-state index contributed by atoms with van der Waals surface area (Å²) in [6.45, 7) is 5.17. The summed E-state index contributed by atoms with van der Waals surface area (Å²) in [6.07, 6.45) is -0.336. The van der Waals surface area contributed by atoms with Gasteiger partial charge in [0.15, 0.2) is 6.29 Å². The van der Waals surface area contributed by atoms with Crippen LogP contribution >= 0.6 is 0 Å². The highest BCUT2D eigenvalue weighted by Crippen LogP contribution is 2.26. The highest BCUT2D eigenvalue weighted by Gasteiger charge is 2.07. The smallest absolute Gasteiger partial charge is 0.197 e. The molecule has 0 amide bonds. The third-order valence-electron chi connectivity index (χ3n) is 3.43. The fraction of sp³-hybridized carbons (Fsp3) is 0.474. The van der Waals surface area contributed by atoms with Crippen LogP contribution in [0.4, 0.5) is 0 Å². The van der Waals surface area contributed by atoms with Gasteiger partial charge in [0.05, 0.1) is 39.6 Å². The van der Waals surface area contributed by atoms with E-state index in [2.05, 4.69) is 12.1 Å². The van der Waals surface area contributed by atoms with E-state index in [0.717, 1.165) is 16.5 Å². The highest BCUT2D eigenvalue weighted by atomic mass is 16.7. The lowest BCUT2D eigenvalue weighted by Gasteiger charge is -2.17. The molecule has 1 atom stereocenters. The Bertz CT molecular complexity index is 581. The molecule has 0 aromatic heterocycles. The first-order valence-electron chi connectivity index (χ1n) is 8.21. The van der Waals surface area contributed by atoms with Crippen LogP contribution in [-0.4, -0.2) is 53.0 Å². The molecule has 24 heavy (non-hydrogen) atoms. The summed E-state index contributed by atoms with van der Waals surface area (Å²) in [5.41, 5.74) is 0. The Morgan fingerprint density at radius 1 is 0.792 bits per heavy atom. The first-order chi connectivity index (χ1) is 11.8. The maximum atomic E-state index is 5.88. The molecule has 5 heteroatoms. The minimum absolute atomic E-state index is 0.336. The molecule has 0 spiro atoms. The molecule has 2 aromatic carbocycles. The van der Waals surface area contributed by atoms with Gasteiger partial charge < -0.3 is 23.7 Å². The number of ether oxygens (including phenoxy) is 5. The Morgan fingerprint density at radius 2 is 1.46 bits per heavy atom. The summed E-state index contributed by atoms with van der Waals surface area (Å²) >= 11 is 0. The van der Waals surface area contributed by atoms with E-state index in [-0.39, 0.29) is 6.29 Å². The number of rotatable bonds is 12. The van der Waals surface area contributed by atoms with E-state index in [0.29, 0.717) is 39.6 Å². The van der Waals surface area contributed by atoms with Crippen molar-refractivity contribution in [2.75, 3.05) is 46.8 Å². The molecule has 0 heterocycles. The Balaban J connectivity index is 1.62. The average molecular weight is 334 g/mol. The standard InChI is InChI=1S/C19H26O5/c1-16(23-15-14-22-13-12-21-11-10-20-2)24-19-9-5-7-17-6-3-4-8-18(17)19/h3-9,16H,10-15H2,1-2H3. The molecule has 0 N–H and O–H groups in total. The van der Waals surface area contributed by atoms with E-state index in [1.165, 1.54) is 0 Å². The van der Waals surface area contributed by atoms with Crippen molar-refractivity contribution in [3.63, 3.8) is 0 Å². The van der Waals surface area contributed by atoms with Gasteiger partial charge in [-0.2, -0.15) is 0 Å². The Hall–Kier alpha value is -1.66. The first kappa shape index (κ1) is 18.7. The molecule has 2 aromatic rings. The quantitative estimate of drug-likeness (QED) is 0.440. The lowest BCUT2D eigenvalue weighted by Crippen LogP contribution is -2.20. The molecule has 0 fully saturated rings. The van der Waals surface area contributed by atoms with E-state index >= 15 is 0 Å². The molecule has 5 nitrogen and oxygen atoms in total. The van der Waals surface area contributed by atoms with Crippen LogP contribution in [-0.2, 0) is 18.9 Å². The van der Waals surface area contributed by atoms with Crippen molar-refractivity contribution in [1.82, 2.24) is 0 Å². The van der Waals surface area contributed by atoms with Crippen LogP contribution < -0.4 is 4.74 Å². The van der Waals surface area contributed by atoms with Gasteiger partial charge >= 0.3 is 0 Å². The van der Waals surface area contributed by atoms with Gasteiger partial charge in [0, 0.05) is 12.5 Å². The van der Waals surface area contributed by atoms with Crippen LogP contribution in [0.1, 0.15) is 6.92 Å². The largest absolute Gasteiger partial charge is 0.465 e. The second-order valence-electron chi connectivity index (χ2n) is 5.25. The SMILES string of the molecule is COCCOCCOCCOC(C)Oc1cccc2ccccc12. The van der Waals surface area contributed by atoms with Crippen molar-refractivity contribution in [1.29, 1.82) is 0 Å². The van der Waals surface area contributed by atoms with E-state index in [1.807, 2.05) is 37.3 Å². The molecule has 2 rings (SSSR count). The minimum atomic E-state index is -0.336. The van der Waals surface area contributed by atoms with Crippen molar-refractivity contribution in [3.8, 4) is 5.75 Å². The molecule has 0 aliphatic rings. The Kier molecular flexibility index (Phi) is 8.55. The fourth-order valence-electron chi connectivity index (χ4n) is 2.25. The van der Waals surface area contributed by atoms with E-state index in [4.69, 9.17) is 23.7 Å². The number of fused-ring (bicyclic) bond motifs is 1. The second kappa shape index (κ2) is 11.0. The van der Waals surface area contributed by atoms with Crippen LogP contribution in [0.15, 0.2) is 42.5 Å². The molecule has 0 saturated heterocycles. The van der Waals surface area contributed by atoms with Crippen LogP contribution in [0.5, 0.6) is 5.75 Å². The van der Waals surface area contributed by atoms with Crippen LogP contribution in [0, 0.1) is 0 Å². The summed E-state index contributed by atoms with van der Waals surface area (Å²) in [5.74, 6) is 0.827. The molecule has 0 radical (unpaired) electrons. The molecule has 0 saturated carbocycles. The Labute approximate surface area is 143 Å². The van der Waals surface area contributed by atoms with Crippen molar-refractivity contribution in [2.45, 2.75) is 13.2 Å². The molecular formula is C19H26O5. The van der Waals surface area contributed by atoms with Crippen LogP contribution in [0.3, 0.4) is 0 Å². The van der Waals surface area contributed by atoms with Gasteiger partial charge in [-0.05, 0) is 18.4 Å². The van der Waals surface area contributed by atoms with Crippen molar-refractivity contribution in [2.24, 2.45) is 0 Å². The lowest BCUT2D eigenvalue weighted by atomic mass is 10.1. The van der Waals surface area contributed by atoms with Gasteiger partial charge in [-0.15, -0.1) is 0 Å². The number of methoxy groups -OCH3 is 1. The van der Waals surface area contributed by atoms with Crippen molar-refractivity contribution >= 4 is 10.8 Å². The third kappa shape index (κ3) is 6.45. The molecule has 0 aliphatic carbocycles. The van der Waals surface area contributed by atoms with Crippen molar-refractivity contribution in [3.05, 3.63) is 42.5 Å². The van der Waals surface area contributed by atoms with Gasteiger partial charge in [0.2, 0.25) is 0 Å². The van der Waals surface area contributed by atoms with Gasteiger partial charge in [0.1, 0.15) is 5.75 Å². The topological polar surface area (TPSA) is 46.2 Å². The zero-order chi connectivity index (χ0) is 17.0. The zero-order valence-corrected chi connectivity index (χ0v) is 14.4. The summed E-state index contributed by atoms with van der Waals surface area (Å²) in [6, 6.07) is 14.1. The summed E-state index contributed by atoms with van der Waals surface area (Å²) in [5, 5.41) is 2.24. The van der Waals surface area contributed by atoms with Gasteiger partial charge in [-0.25, -0.2) is 0 Å². The molecule has 1 unspecified atom stereocenters. The van der Waals surface area contributed by atoms with E-state index in [9.17, 15) is 0 Å². The predicted octanol–water partition coefficient (Wildman–Crippen LogP) is 3.26. The maximum Gasteiger partial charge on any atom is 0.197 e. The van der Waals surface area contributed by atoms with Crippen LogP contribution in [0.25, 0.3) is 10.8 Å². The van der Waals surface area contributed by atoms with Gasteiger partial charge in [0.25, 0.3) is 0 Å². The minimum Gasteiger partial charge on any atom is -0.465 e. The van der Waals surface area contributed by atoms with Crippen LogP contribution in [0.2, 0.25) is 0 Å². The fourth-order valence-corrected chi connectivity index (χ4v) is 2.25. The maximum absolute atomic E-state index is 5.88. The molecule has 0 aliphatic heterocycles. The van der Waals surface area contributed by atoms with E-state index < -0.39 is 0 Å². The summed E-state index contributed by atoms with van der Waals surface area (Å²) in [7, 11) is 1.65. The third-order valence-corrected chi connectivity index (χ3v) is 3.43. The highest BCUT2D eigenvalue weighted by molar-refractivity contribution is 5.88. The Morgan fingerprint density at radius 3 is 2.25 bits per heavy atom. The summed E-state index contributed by atoms with van der Waals surface area (Å²) in [4.78, 5) is 0. The normalized spacial score (nSPS) is 12.4. The average Bonchev–Trinajstić information content (AvgIpc) is 2.61. The number of hydrogen-bond acceptors (Lipinski definition) is 5.